The summed E-state index contributed by atoms with van der Waals surface area (Å²) >= 11 is 0. The Morgan fingerprint density at radius 1 is 1.46 bits per heavy atom. The van der Waals surface area contributed by atoms with E-state index in [0.717, 1.165) is 0 Å². The lowest BCUT2D eigenvalue weighted by Gasteiger charge is -2.23. The van der Waals surface area contributed by atoms with E-state index in [1.54, 1.807) is 0 Å². The van der Waals surface area contributed by atoms with E-state index in [1.165, 1.54) is 45.3 Å². The Morgan fingerprint density at radius 3 is 2.85 bits per heavy atom. The van der Waals surface area contributed by atoms with Gasteiger partial charge in [-0.2, -0.15) is 0 Å². The molecule has 1 N–H and O–H groups in total. The van der Waals surface area contributed by atoms with Crippen molar-refractivity contribution in [2.45, 2.75) is 32.6 Å². The average Bonchev–Trinajstić information content (AvgIpc) is 2.74. The summed E-state index contributed by atoms with van der Waals surface area (Å²) in [6.45, 7) is 6.44. The van der Waals surface area contributed by atoms with Crippen LogP contribution in [0.5, 0.6) is 0 Å². The first kappa shape index (κ1) is 9.47. The summed E-state index contributed by atoms with van der Waals surface area (Å²) in [6, 6.07) is 0. The average molecular weight is 183 g/mol. The fraction of sp³-hybridized carbons (Fsp3) is 1.00. The maximum absolute atomic E-state index is 9.12. The van der Waals surface area contributed by atoms with Crippen molar-refractivity contribution in [2.75, 3.05) is 26.2 Å². The molecule has 13 heavy (non-hydrogen) atoms. The number of likely N-dealkylation sites (tertiary alicyclic amines) is 1. The highest BCUT2D eigenvalue weighted by Gasteiger charge is 2.43. The van der Waals surface area contributed by atoms with Gasteiger partial charge in [0.15, 0.2) is 0 Å². The third kappa shape index (κ3) is 1.75. The van der Waals surface area contributed by atoms with E-state index in [9.17, 15) is 0 Å². The number of aliphatic hydroxyl groups is 1. The van der Waals surface area contributed by atoms with E-state index in [0.29, 0.717) is 17.9 Å². The lowest BCUT2D eigenvalue weighted by Crippen LogP contribution is -2.25. The minimum absolute atomic E-state index is 0.411. The van der Waals surface area contributed by atoms with Gasteiger partial charge in [0, 0.05) is 13.2 Å². The highest BCUT2D eigenvalue weighted by molar-refractivity contribution is 4.95. The summed E-state index contributed by atoms with van der Waals surface area (Å²) in [5, 5.41) is 9.12. The first-order valence-corrected chi connectivity index (χ1v) is 5.61. The fourth-order valence-electron chi connectivity index (χ4n) is 3.15. The Labute approximate surface area is 80.9 Å². The van der Waals surface area contributed by atoms with Gasteiger partial charge in [0.25, 0.3) is 0 Å². The van der Waals surface area contributed by atoms with Crippen molar-refractivity contribution < 1.29 is 5.11 Å². The Kier molecular flexibility index (Phi) is 2.61. The zero-order valence-corrected chi connectivity index (χ0v) is 8.63. The quantitative estimate of drug-likeness (QED) is 0.701. The van der Waals surface area contributed by atoms with Crippen LogP contribution in [-0.2, 0) is 0 Å². The van der Waals surface area contributed by atoms with Crippen LogP contribution in [0.2, 0.25) is 0 Å². The van der Waals surface area contributed by atoms with Crippen LogP contribution in [0.25, 0.3) is 0 Å². The van der Waals surface area contributed by atoms with Crippen molar-refractivity contribution in [3.63, 3.8) is 0 Å². The van der Waals surface area contributed by atoms with Crippen LogP contribution in [0.3, 0.4) is 0 Å². The van der Waals surface area contributed by atoms with Crippen LogP contribution >= 0.6 is 0 Å². The molecule has 0 radical (unpaired) electrons. The molecule has 2 nitrogen and oxygen atoms in total. The first-order chi connectivity index (χ1) is 6.28. The Morgan fingerprint density at radius 2 is 2.31 bits per heavy atom. The molecule has 2 aliphatic rings. The van der Waals surface area contributed by atoms with E-state index in [1.807, 2.05) is 0 Å². The second-order valence-corrected chi connectivity index (χ2v) is 4.91. The smallest absolute Gasteiger partial charge is 0.0459 e. The van der Waals surface area contributed by atoms with Crippen molar-refractivity contribution in [3.8, 4) is 0 Å². The monoisotopic (exact) mass is 183 g/mol. The molecule has 2 unspecified atom stereocenters. The van der Waals surface area contributed by atoms with Crippen molar-refractivity contribution in [1.29, 1.82) is 0 Å². The molecule has 1 aliphatic carbocycles. The van der Waals surface area contributed by atoms with Crippen LogP contribution in [-0.4, -0.2) is 36.2 Å². The van der Waals surface area contributed by atoms with Crippen molar-refractivity contribution >= 4 is 0 Å². The van der Waals surface area contributed by atoms with Gasteiger partial charge in [-0.05, 0) is 50.1 Å². The summed E-state index contributed by atoms with van der Waals surface area (Å²) in [5.41, 5.74) is 0.601. The third-order valence-electron chi connectivity index (χ3n) is 4.03. The van der Waals surface area contributed by atoms with Crippen LogP contribution in [0.1, 0.15) is 32.6 Å². The van der Waals surface area contributed by atoms with Crippen molar-refractivity contribution in [3.05, 3.63) is 0 Å². The van der Waals surface area contributed by atoms with Crippen LogP contribution in [0.4, 0.5) is 0 Å². The molecular weight excluding hydrogens is 162 g/mol. The first-order valence-electron chi connectivity index (χ1n) is 5.61. The molecule has 2 atom stereocenters. The SMILES string of the molecule is CCN1CCC2(CCC(CO)C2)C1. The molecule has 76 valence electrons. The Hall–Kier alpha value is -0.0800. The van der Waals surface area contributed by atoms with Gasteiger partial charge >= 0.3 is 0 Å². The lowest BCUT2D eigenvalue weighted by atomic mass is 9.84. The normalized spacial score (nSPS) is 40.6. The van der Waals surface area contributed by atoms with E-state index >= 15 is 0 Å². The van der Waals surface area contributed by atoms with Gasteiger partial charge in [0.1, 0.15) is 0 Å². The number of hydrogen-bond donors (Lipinski definition) is 1. The maximum Gasteiger partial charge on any atom is 0.0459 e. The molecule has 2 fully saturated rings. The molecule has 1 saturated heterocycles. The van der Waals surface area contributed by atoms with Gasteiger partial charge in [0.2, 0.25) is 0 Å². The third-order valence-corrected chi connectivity index (χ3v) is 4.03. The Bertz CT molecular complexity index is 161. The molecule has 0 aromatic carbocycles. The van der Waals surface area contributed by atoms with E-state index in [-0.39, 0.29) is 0 Å². The second-order valence-electron chi connectivity index (χ2n) is 4.91. The standard InChI is InChI=1S/C11H21NO/c1-2-12-6-5-11(9-12)4-3-10(7-11)8-13/h10,13H,2-9H2,1H3. The maximum atomic E-state index is 9.12. The predicted molar refractivity (Wildman–Crippen MR) is 53.6 cm³/mol. The van der Waals surface area contributed by atoms with Crippen LogP contribution in [0, 0.1) is 11.3 Å². The second kappa shape index (κ2) is 3.58. The molecule has 1 heterocycles. The highest BCUT2D eigenvalue weighted by Crippen LogP contribution is 2.47. The number of hydrogen-bond acceptors (Lipinski definition) is 2. The summed E-state index contributed by atoms with van der Waals surface area (Å²) in [4.78, 5) is 2.56. The van der Waals surface area contributed by atoms with Gasteiger partial charge in [-0.1, -0.05) is 6.92 Å². The van der Waals surface area contributed by atoms with Gasteiger partial charge in [-0.15, -0.1) is 0 Å². The molecule has 1 aliphatic heterocycles. The molecule has 0 bridgehead atoms. The molecule has 0 aromatic rings. The van der Waals surface area contributed by atoms with Gasteiger partial charge in [0.05, 0.1) is 0 Å². The van der Waals surface area contributed by atoms with Crippen molar-refractivity contribution in [2.24, 2.45) is 11.3 Å². The molecule has 0 amide bonds. The molecule has 0 aromatic heterocycles. The number of rotatable bonds is 2. The van der Waals surface area contributed by atoms with E-state index in [2.05, 4.69) is 11.8 Å². The summed E-state index contributed by atoms with van der Waals surface area (Å²) in [7, 11) is 0. The molecule has 1 spiro atoms. The summed E-state index contributed by atoms with van der Waals surface area (Å²) < 4.78 is 0. The van der Waals surface area contributed by atoms with E-state index in [4.69, 9.17) is 5.11 Å². The van der Waals surface area contributed by atoms with Crippen LogP contribution in [0.15, 0.2) is 0 Å². The fourth-order valence-corrected chi connectivity index (χ4v) is 3.15. The minimum Gasteiger partial charge on any atom is -0.396 e. The minimum atomic E-state index is 0.411. The zero-order chi connectivity index (χ0) is 9.31. The van der Waals surface area contributed by atoms with Crippen molar-refractivity contribution in [1.82, 2.24) is 4.90 Å². The zero-order valence-electron chi connectivity index (χ0n) is 8.63. The highest BCUT2D eigenvalue weighted by atomic mass is 16.3. The predicted octanol–water partition coefficient (Wildman–Crippen LogP) is 1.49. The molecule has 2 rings (SSSR count). The van der Waals surface area contributed by atoms with Gasteiger partial charge in [-0.3, -0.25) is 0 Å². The number of nitrogens with zero attached hydrogens (tertiary/aromatic N) is 1. The van der Waals surface area contributed by atoms with E-state index < -0.39 is 0 Å². The van der Waals surface area contributed by atoms with Gasteiger partial charge in [-0.25, -0.2) is 0 Å². The topological polar surface area (TPSA) is 23.5 Å². The van der Waals surface area contributed by atoms with Gasteiger partial charge < -0.3 is 10.0 Å². The molecule has 1 saturated carbocycles. The summed E-state index contributed by atoms with van der Waals surface area (Å²) in [6.07, 6.45) is 5.26. The largest absolute Gasteiger partial charge is 0.396 e. The number of aliphatic hydroxyl groups excluding tert-OH is 1. The molecular formula is C11H21NO. The lowest BCUT2D eigenvalue weighted by molar-refractivity contribution is 0.206. The summed E-state index contributed by atoms with van der Waals surface area (Å²) in [5.74, 6) is 0.608. The molecule has 2 heteroatoms. The Balaban J connectivity index is 1.93. The van der Waals surface area contributed by atoms with Crippen LogP contribution < -0.4 is 0 Å².